The van der Waals surface area contributed by atoms with Crippen LogP contribution in [-0.4, -0.2) is 28.0 Å². The molecular formula is C15H14BrN3O5S. The van der Waals surface area contributed by atoms with Crippen molar-refractivity contribution in [1.29, 1.82) is 0 Å². The first-order valence-corrected chi connectivity index (χ1v) is 9.27. The zero-order valence-corrected chi connectivity index (χ0v) is 15.3. The molecule has 3 rings (SSSR count). The molecule has 0 unspecified atom stereocenters. The summed E-state index contributed by atoms with van der Waals surface area (Å²) in [5, 5.41) is 6.68. The van der Waals surface area contributed by atoms with Crippen LogP contribution in [0.4, 0.5) is 0 Å². The number of halogens is 1. The van der Waals surface area contributed by atoms with Crippen LogP contribution in [0.15, 0.2) is 53.2 Å². The molecule has 3 aromatic rings. The van der Waals surface area contributed by atoms with E-state index in [2.05, 4.69) is 26.3 Å². The average molecular weight is 428 g/mol. The molecule has 0 spiro atoms. The molecule has 1 N–H and O–H groups in total. The highest BCUT2D eigenvalue weighted by molar-refractivity contribution is 9.10. The summed E-state index contributed by atoms with van der Waals surface area (Å²) in [4.78, 5) is 23.6. The maximum Gasteiger partial charge on any atom is 0.437 e. The van der Waals surface area contributed by atoms with E-state index in [1.807, 2.05) is 12.1 Å². The van der Waals surface area contributed by atoms with Gasteiger partial charge in [-0.3, -0.25) is 4.79 Å². The summed E-state index contributed by atoms with van der Waals surface area (Å²) in [6, 6.07) is 7.00. The average Bonchev–Trinajstić information content (AvgIpc) is 3.30. The fourth-order valence-corrected chi connectivity index (χ4v) is 3.02. The fraction of sp³-hybridized carbons (Fsp3) is 0.267. The van der Waals surface area contributed by atoms with Gasteiger partial charge in [0.1, 0.15) is 12.3 Å². The largest absolute Gasteiger partial charge is 0.468 e. The number of thioether (sulfide) groups is 1. The van der Waals surface area contributed by atoms with Crippen LogP contribution < -0.4 is 11.1 Å². The van der Waals surface area contributed by atoms with Gasteiger partial charge in [-0.2, -0.15) is 16.4 Å². The van der Waals surface area contributed by atoms with Crippen molar-refractivity contribution in [2.24, 2.45) is 0 Å². The number of carbonyl (C=O) groups is 1. The Kier molecular flexibility index (Phi) is 5.82. The molecule has 0 saturated carbocycles. The highest BCUT2D eigenvalue weighted by Crippen LogP contribution is 2.22. The number of nitrogens with zero attached hydrogens (tertiary/aromatic N) is 2. The van der Waals surface area contributed by atoms with Crippen molar-refractivity contribution in [2.45, 2.75) is 12.3 Å². The Hall–Kier alpha value is -2.20. The van der Waals surface area contributed by atoms with Crippen LogP contribution in [0.1, 0.15) is 5.76 Å². The van der Waals surface area contributed by atoms with Crippen molar-refractivity contribution in [2.75, 3.05) is 12.3 Å². The maximum atomic E-state index is 11.9. The lowest BCUT2D eigenvalue weighted by molar-refractivity contribution is -0.121. The maximum absolute atomic E-state index is 11.9. The van der Waals surface area contributed by atoms with Crippen molar-refractivity contribution in [1.82, 2.24) is 15.1 Å². The number of hydrogen-bond acceptors (Lipinski definition) is 7. The standard InChI is InChI=1S/C15H14BrN3O5S/c16-12-4-3-11(23-12)14-18-19(15(21)24-14)8-13(20)17-5-7-25-9-10-2-1-6-22-10/h1-4,6H,5,7-9H2,(H,17,20). The Morgan fingerprint density at radius 1 is 1.32 bits per heavy atom. The van der Waals surface area contributed by atoms with Gasteiger partial charge in [-0.1, -0.05) is 0 Å². The molecule has 8 nitrogen and oxygen atoms in total. The first-order chi connectivity index (χ1) is 12.1. The second-order valence-corrected chi connectivity index (χ2v) is 6.80. The molecule has 0 aromatic carbocycles. The number of furan rings is 2. The van der Waals surface area contributed by atoms with Gasteiger partial charge in [0.05, 0.1) is 12.0 Å². The number of amides is 1. The van der Waals surface area contributed by atoms with Gasteiger partial charge in [-0.05, 0) is 40.2 Å². The molecule has 0 radical (unpaired) electrons. The van der Waals surface area contributed by atoms with Crippen LogP contribution in [0.3, 0.4) is 0 Å². The zero-order valence-electron chi connectivity index (χ0n) is 12.9. The monoisotopic (exact) mass is 427 g/mol. The minimum atomic E-state index is -0.718. The van der Waals surface area contributed by atoms with Crippen LogP contribution >= 0.6 is 27.7 Å². The topological polar surface area (TPSA) is 103 Å². The third kappa shape index (κ3) is 4.89. The van der Waals surface area contributed by atoms with E-state index in [0.29, 0.717) is 17.0 Å². The summed E-state index contributed by atoms with van der Waals surface area (Å²) in [6.07, 6.45) is 1.63. The van der Waals surface area contributed by atoms with Crippen molar-refractivity contribution in [3.63, 3.8) is 0 Å². The molecule has 0 aliphatic rings. The van der Waals surface area contributed by atoms with E-state index in [1.165, 1.54) is 0 Å². The summed E-state index contributed by atoms with van der Waals surface area (Å²) < 4.78 is 16.9. The van der Waals surface area contributed by atoms with E-state index in [4.69, 9.17) is 13.3 Å². The molecule has 0 aliphatic heterocycles. The SMILES string of the molecule is O=C(Cn1nc(-c2ccc(Br)o2)oc1=O)NCCSCc1ccco1. The van der Waals surface area contributed by atoms with Gasteiger partial charge in [0.15, 0.2) is 10.4 Å². The lowest BCUT2D eigenvalue weighted by atomic mass is 10.5. The van der Waals surface area contributed by atoms with E-state index < -0.39 is 5.76 Å². The molecule has 25 heavy (non-hydrogen) atoms. The summed E-state index contributed by atoms with van der Waals surface area (Å²) in [5.41, 5.74) is 0. The lowest BCUT2D eigenvalue weighted by Gasteiger charge is -2.03. The van der Waals surface area contributed by atoms with Crippen molar-refractivity contribution < 1.29 is 18.0 Å². The predicted molar refractivity (Wildman–Crippen MR) is 94.0 cm³/mol. The second-order valence-electron chi connectivity index (χ2n) is 4.92. The minimum absolute atomic E-state index is 0.0255. The van der Waals surface area contributed by atoms with Gasteiger partial charge in [0.25, 0.3) is 5.89 Å². The normalized spacial score (nSPS) is 10.9. The third-order valence-corrected chi connectivity index (χ3v) is 4.48. The van der Waals surface area contributed by atoms with E-state index >= 15 is 0 Å². The highest BCUT2D eigenvalue weighted by Gasteiger charge is 2.15. The van der Waals surface area contributed by atoms with Crippen LogP contribution in [0.5, 0.6) is 0 Å². The van der Waals surface area contributed by atoms with Crippen LogP contribution in [-0.2, 0) is 17.1 Å². The molecule has 132 valence electrons. The van der Waals surface area contributed by atoms with Crippen LogP contribution in [0.25, 0.3) is 11.7 Å². The highest BCUT2D eigenvalue weighted by atomic mass is 79.9. The van der Waals surface area contributed by atoms with Crippen molar-refractivity contribution >= 4 is 33.6 Å². The molecule has 0 fully saturated rings. The smallest absolute Gasteiger partial charge is 0.437 e. The molecular weight excluding hydrogens is 414 g/mol. The van der Waals surface area contributed by atoms with Gasteiger partial charge in [0.2, 0.25) is 5.91 Å². The number of carbonyl (C=O) groups excluding carboxylic acids is 1. The number of nitrogens with one attached hydrogen (secondary N) is 1. The van der Waals surface area contributed by atoms with Gasteiger partial charge in [-0.15, -0.1) is 5.10 Å². The molecule has 0 saturated heterocycles. The van der Waals surface area contributed by atoms with Gasteiger partial charge in [-0.25, -0.2) is 4.79 Å². The Morgan fingerprint density at radius 3 is 2.92 bits per heavy atom. The molecule has 0 bridgehead atoms. The summed E-state index contributed by atoms with van der Waals surface area (Å²) in [5.74, 6) is 1.66. The third-order valence-electron chi connectivity index (χ3n) is 3.08. The lowest BCUT2D eigenvalue weighted by Crippen LogP contribution is -2.32. The molecule has 3 aromatic heterocycles. The van der Waals surface area contributed by atoms with E-state index in [1.54, 1.807) is 30.2 Å². The number of aromatic nitrogens is 2. The quantitative estimate of drug-likeness (QED) is 0.550. The van der Waals surface area contributed by atoms with E-state index in [-0.39, 0.29) is 18.3 Å². The van der Waals surface area contributed by atoms with Crippen molar-refractivity contribution in [3.05, 3.63) is 51.5 Å². The molecule has 0 aliphatic carbocycles. The second kappa shape index (κ2) is 8.26. The van der Waals surface area contributed by atoms with Crippen molar-refractivity contribution in [3.8, 4) is 11.7 Å². The molecule has 3 heterocycles. The Morgan fingerprint density at radius 2 is 2.20 bits per heavy atom. The van der Waals surface area contributed by atoms with Crippen LogP contribution in [0, 0.1) is 0 Å². The summed E-state index contributed by atoms with van der Waals surface area (Å²) in [7, 11) is 0. The molecule has 10 heteroatoms. The summed E-state index contributed by atoms with van der Waals surface area (Å²) in [6.45, 7) is 0.266. The predicted octanol–water partition coefficient (Wildman–Crippen LogP) is 2.50. The summed E-state index contributed by atoms with van der Waals surface area (Å²) >= 11 is 4.79. The minimum Gasteiger partial charge on any atom is -0.468 e. The molecule has 0 atom stereocenters. The Bertz CT molecular complexity index is 883. The van der Waals surface area contributed by atoms with Gasteiger partial charge >= 0.3 is 5.76 Å². The number of rotatable bonds is 8. The Balaban J connectivity index is 1.45. The number of hydrogen-bond donors (Lipinski definition) is 1. The first kappa shape index (κ1) is 17.6. The molecule has 1 amide bonds. The zero-order chi connectivity index (χ0) is 17.6. The first-order valence-electron chi connectivity index (χ1n) is 7.32. The van der Waals surface area contributed by atoms with Crippen LogP contribution in [0.2, 0.25) is 0 Å². The van der Waals surface area contributed by atoms with Gasteiger partial charge in [0, 0.05) is 12.3 Å². The van der Waals surface area contributed by atoms with Gasteiger partial charge < -0.3 is 18.6 Å². The van der Waals surface area contributed by atoms with E-state index in [9.17, 15) is 9.59 Å². The Labute approximate surface area is 154 Å². The van der Waals surface area contributed by atoms with E-state index in [0.717, 1.165) is 21.9 Å². The fourth-order valence-electron chi connectivity index (χ4n) is 1.96.